The Morgan fingerprint density at radius 3 is 1.38 bits per heavy atom. The minimum atomic E-state index is -0.816. The first-order valence-corrected chi connectivity index (χ1v) is 23.0. The van der Waals surface area contributed by atoms with Crippen LogP contribution in [0.1, 0.15) is 213 Å². The van der Waals surface area contributed by atoms with E-state index < -0.39 is 18.2 Å². The summed E-state index contributed by atoms with van der Waals surface area (Å²) >= 11 is 0. The molecule has 1 amide bonds. The van der Waals surface area contributed by atoms with Gasteiger partial charge in [0.25, 0.3) is 0 Å². The van der Waals surface area contributed by atoms with Gasteiger partial charge in [-0.3, -0.25) is 9.59 Å². The van der Waals surface area contributed by atoms with E-state index >= 15 is 0 Å². The van der Waals surface area contributed by atoms with Crippen LogP contribution in [0.5, 0.6) is 0 Å². The van der Waals surface area contributed by atoms with Gasteiger partial charge in [-0.15, -0.1) is 0 Å². The molecule has 0 radical (unpaired) electrons. The number of carbonyl (C=O) groups excluding carboxylic acids is 2. The quantitative estimate of drug-likeness (QED) is 0.0328. The molecule has 0 aliphatic rings. The lowest BCUT2D eigenvalue weighted by molar-refractivity contribution is -0.148. The number of esters is 1. The predicted octanol–water partition coefficient (Wildman–Crippen LogP) is 13.3. The van der Waals surface area contributed by atoms with E-state index in [0.29, 0.717) is 19.3 Å². The van der Waals surface area contributed by atoms with E-state index in [2.05, 4.69) is 74.7 Å². The summed E-state index contributed by atoms with van der Waals surface area (Å²) in [5, 5.41) is 23.6. The summed E-state index contributed by atoms with van der Waals surface area (Å²) < 4.78 is 5.79. The molecule has 6 nitrogen and oxygen atoms in total. The number of aliphatic hydroxyl groups excluding tert-OH is 2. The first-order valence-electron chi connectivity index (χ1n) is 23.0. The van der Waals surface area contributed by atoms with Gasteiger partial charge in [0, 0.05) is 6.42 Å². The van der Waals surface area contributed by atoms with Gasteiger partial charge in [0.15, 0.2) is 0 Å². The zero-order valence-corrected chi connectivity index (χ0v) is 36.0. The van der Waals surface area contributed by atoms with Gasteiger partial charge in [0.2, 0.25) is 5.91 Å². The smallest absolute Gasteiger partial charge is 0.306 e. The second-order valence-corrected chi connectivity index (χ2v) is 15.4. The fourth-order valence-corrected chi connectivity index (χ4v) is 6.63. The van der Waals surface area contributed by atoms with Crippen LogP contribution in [0.15, 0.2) is 60.8 Å². The molecule has 0 spiro atoms. The van der Waals surface area contributed by atoms with Gasteiger partial charge in [0.1, 0.15) is 6.10 Å². The highest BCUT2D eigenvalue weighted by molar-refractivity contribution is 5.78. The summed E-state index contributed by atoms with van der Waals surface area (Å²) in [5.74, 6) is -0.630. The molecule has 0 heterocycles. The first-order chi connectivity index (χ1) is 27.0. The second kappa shape index (κ2) is 42.7. The average Bonchev–Trinajstić information content (AvgIpc) is 3.18. The van der Waals surface area contributed by atoms with Crippen LogP contribution in [-0.2, 0) is 14.3 Å². The number of ether oxygens (including phenoxy) is 1. The Balaban J connectivity index is 4.78. The molecular formula is C49H87NO5. The lowest BCUT2D eigenvalue weighted by Crippen LogP contribution is -2.46. The largest absolute Gasteiger partial charge is 0.458 e. The Bertz CT molecular complexity index is 999. The molecule has 0 rings (SSSR count). The van der Waals surface area contributed by atoms with Gasteiger partial charge in [-0.2, -0.15) is 0 Å². The van der Waals surface area contributed by atoms with Crippen LogP contribution in [0.2, 0.25) is 0 Å². The number of rotatable bonds is 40. The van der Waals surface area contributed by atoms with Crippen molar-refractivity contribution in [2.24, 2.45) is 0 Å². The van der Waals surface area contributed by atoms with E-state index in [1.807, 2.05) is 6.08 Å². The minimum Gasteiger partial charge on any atom is -0.458 e. The third-order valence-corrected chi connectivity index (χ3v) is 10.1. The van der Waals surface area contributed by atoms with Crippen molar-refractivity contribution in [1.82, 2.24) is 5.32 Å². The number of hydrogen-bond donors (Lipinski definition) is 3. The van der Waals surface area contributed by atoms with Crippen LogP contribution in [0, 0.1) is 0 Å². The predicted molar refractivity (Wildman–Crippen MR) is 236 cm³/mol. The molecule has 0 aromatic rings. The zero-order valence-electron chi connectivity index (χ0n) is 36.0. The Morgan fingerprint density at radius 1 is 0.545 bits per heavy atom. The summed E-state index contributed by atoms with van der Waals surface area (Å²) in [6, 6.07) is -0.739. The monoisotopic (exact) mass is 770 g/mol. The molecule has 0 saturated carbocycles. The van der Waals surface area contributed by atoms with Crippen LogP contribution < -0.4 is 5.32 Å². The molecule has 0 aromatic carbocycles. The topological polar surface area (TPSA) is 95.9 Å². The van der Waals surface area contributed by atoms with Gasteiger partial charge >= 0.3 is 5.97 Å². The second-order valence-electron chi connectivity index (χ2n) is 15.4. The van der Waals surface area contributed by atoms with E-state index in [0.717, 1.165) is 64.2 Å². The van der Waals surface area contributed by atoms with Crippen molar-refractivity contribution in [2.75, 3.05) is 6.61 Å². The molecule has 55 heavy (non-hydrogen) atoms. The SMILES string of the molecule is CC/C=C/C/C=C/C/C=C/C/C=C/C/C=C/C(CC(=O)NC(CO)C(O)CCCCCCCCCCCCC)OC(=O)CCCCCCCCCCCCC. The zero-order chi connectivity index (χ0) is 40.3. The molecule has 0 aliphatic carbocycles. The van der Waals surface area contributed by atoms with Crippen molar-refractivity contribution in [3.05, 3.63) is 60.8 Å². The van der Waals surface area contributed by atoms with E-state index in [4.69, 9.17) is 4.74 Å². The maximum atomic E-state index is 13.1. The molecule has 3 unspecified atom stereocenters. The van der Waals surface area contributed by atoms with Crippen molar-refractivity contribution in [3.8, 4) is 0 Å². The molecule has 3 N–H and O–H groups in total. The minimum absolute atomic E-state index is 0.0453. The number of aliphatic hydroxyl groups is 2. The Hall–Kier alpha value is -2.44. The molecular weight excluding hydrogens is 683 g/mol. The molecule has 3 atom stereocenters. The van der Waals surface area contributed by atoms with Gasteiger partial charge in [-0.05, 0) is 51.0 Å². The van der Waals surface area contributed by atoms with Gasteiger partial charge in [-0.25, -0.2) is 0 Å². The van der Waals surface area contributed by atoms with Gasteiger partial charge < -0.3 is 20.3 Å². The maximum absolute atomic E-state index is 13.1. The summed E-state index contributed by atoms with van der Waals surface area (Å²) in [5.41, 5.74) is 0. The molecule has 6 heteroatoms. The first kappa shape index (κ1) is 52.6. The summed E-state index contributed by atoms with van der Waals surface area (Å²) in [6.07, 6.45) is 51.7. The van der Waals surface area contributed by atoms with E-state index in [9.17, 15) is 19.8 Å². The molecule has 318 valence electrons. The molecule has 0 fully saturated rings. The van der Waals surface area contributed by atoms with Crippen molar-refractivity contribution >= 4 is 11.9 Å². The summed E-state index contributed by atoms with van der Waals surface area (Å²) in [7, 11) is 0. The fraction of sp³-hybridized carbons (Fsp3) is 0.755. The van der Waals surface area contributed by atoms with Crippen LogP contribution in [0.3, 0.4) is 0 Å². The number of unbranched alkanes of at least 4 members (excludes halogenated alkanes) is 20. The highest BCUT2D eigenvalue weighted by atomic mass is 16.5. The van der Waals surface area contributed by atoms with Crippen LogP contribution in [0.4, 0.5) is 0 Å². The summed E-state index contributed by atoms with van der Waals surface area (Å²) in [6.45, 7) is 6.30. The highest BCUT2D eigenvalue weighted by Crippen LogP contribution is 2.15. The number of carbonyl (C=O) groups is 2. The van der Waals surface area contributed by atoms with Crippen molar-refractivity contribution in [2.45, 2.75) is 232 Å². The van der Waals surface area contributed by atoms with E-state index in [1.165, 1.54) is 103 Å². The average molecular weight is 770 g/mol. The van der Waals surface area contributed by atoms with Crippen LogP contribution >= 0.6 is 0 Å². The maximum Gasteiger partial charge on any atom is 0.306 e. The van der Waals surface area contributed by atoms with Crippen molar-refractivity contribution < 1.29 is 24.5 Å². The van der Waals surface area contributed by atoms with Crippen molar-refractivity contribution in [1.29, 1.82) is 0 Å². The van der Waals surface area contributed by atoms with E-state index in [1.54, 1.807) is 6.08 Å². The molecule has 0 bridgehead atoms. The van der Waals surface area contributed by atoms with Crippen LogP contribution in [-0.4, -0.2) is 46.9 Å². The number of hydrogen-bond acceptors (Lipinski definition) is 5. The highest BCUT2D eigenvalue weighted by Gasteiger charge is 2.23. The van der Waals surface area contributed by atoms with Crippen molar-refractivity contribution in [3.63, 3.8) is 0 Å². The van der Waals surface area contributed by atoms with Gasteiger partial charge in [0.05, 0.1) is 25.2 Å². The standard InChI is InChI=1S/C49H87NO5/c1-4-7-10-13-16-19-22-23-24-27-28-31-34-37-40-45(55-49(54)42-39-36-33-30-26-21-18-15-12-9-6-3)43-48(53)50-46(44-51)47(52)41-38-35-32-29-25-20-17-14-11-8-5-2/h7,10,16,19,23-24,28,31,37,40,45-47,51-52H,4-6,8-9,11-15,17-18,20-22,25-27,29-30,32-36,38-39,41-44H2,1-3H3,(H,50,53)/b10-7+,19-16+,24-23+,31-28+,40-37+. The third-order valence-electron chi connectivity index (χ3n) is 10.1. The number of allylic oxidation sites excluding steroid dienone is 9. The number of amides is 1. The molecule has 0 aromatic heterocycles. The Morgan fingerprint density at radius 2 is 0.945 bits per heavy atom. The number of nitrogens with one attached hydrogen (secondary N) is 1. The molecule has 0 saturated heterocycles. The van der Waals surface area contributed by atoms with Gasteiger partial charge in [-0.1, -0.05) is 210 Å². The van der Waals surface area contributed by atoms with Crippen LogP contribution in [0.25, 0.3) is 0 Å². The molecule has 0 aliphatic heterocycles. The summed E-state index contributed by atoms with van der Waals surface area (Å²) in [4.78, 5) is 25.9. The normalized spacial score (nSPS) is 13.9. The lowest BCUT2D eigenvalue weighted by atomic mass is 10.0. The fourth-order valence-electron chi connectivity index (χ4n) is 6.63. The van der Waals surface area contributed by atoms with E-state index in [-0.39, 0.29) is 24.9 Å². The Labute approximate surface area is 339 Å². The Kier molecular flexibility index (Phi) is 40.8. The lowest BCUT2D eigenvalue weighted by Gasteiger charge is -2.23. The third kappa shape index (κ3) is 38.2.